The normalized spacial score (nSPS) is 14.9. The monoisotopic (exact) mass is 448 g/mol. The van der Waals surface area contributed by atoms with E-state index < -0.39 is 5.82 Å². The first-order valence-corrected chi connectivity index (χ1v) is 11.6. The molecule has 0 atom stereocenters. The van der Waals surface area contributed by atoms with Gasteiger partial charge in [0.15, 0.2) is 4.96 Å². The number of nitrogens with zero attached hydrogens (tertiary/aromatic N) is 4. The van der Waals surface area contributed by atoms with E-state index in [1.165, 1.54) is 22.2 Å². The Kier molecular flexibility index (Phi) is 5.53. The summed E-state index contributed by atoms with van der Waals surface area (Å²) in [6, 6.07) is 14.7. The van der Waals surface area contributed by atoms with E-state index in [-0.39, 0.29) is 11.5 Å². The van der Waals surface area contributed by atoms with Crippen molar-refractivity contribution in [1.29, 1.82) is 0 Å². The molecule has 7 heteroatoms. The topological polar surface area (TPSA) is 40.9 Å². The summed E-state index contributed by atoms with van der Waals surface area (Å²) in [7, 11) is 0. The number of piperazine rings is 1. The van der Waals surface area contributed by atoms with E-state index in [0.29, 0.717) is 13.1 Å². The van der Waals surface area contributed by atoms with Crippen LogP contribution in [0.2, 0.25) is 0 Å². The van der Waals surface area contributed by atoms with Gasteiger partial charge in [-0.05, 0) is 26.0 Å². The minimum atomic E-state index is -0.461. The molecule has 1 aliphatic rings. The minimum Gasteiger partial charge on any atom is -0.336 e. The van der Waals surface area contributed by atoms with Crippen molar-refractivity contribution >= 4 is 22.2 Å². The Labute approximate surface area is 190 Å². The fraction of sp³-hybridized carbons (Fsp3) is 0.280. The fourth-order valence-corrected chi connectivity index (χ4v) is 5.06. The van der Waals surface area contributed by atoms with Crippen molar-refractivity contribution < 1.29 is 9.18 Å². The second kappa shape index (κ2) is 8.48. The maximum absolute atomic E-state index is 14.0. The molecule has 0 aliphatic carbocycles. The predicted octanol–water partition coefficient (Wildman–Crippen LogP) is 4.78. The van der Waals surface area contributed by atoms with Gasteiger partial charge in [0.2, 0.25) is 0 Å². The summed E-state index contributed by atoms with van der Waals surface area (Å²) in [6.07, 6.45) is 2.15. The third-order valence-electron chi connectivity index (χ3n) is 6.00. The molecule has 1 saturated heterocycles. The van der Waals surface area contributed by atoms with Gasteiger partial charge in [-0.15, -0.1) is 11.3 Å². The first-order chi connectivity index (χ1) is 15.5. The van der Waals surface area contributed by atoms with Crippen LogP contribution in [0.15, 0.2) is 54.7 Å². The van der Waals surface area contributed by atoms with E-state index in [4.69, 9.17) is 4.98 Å². The lowest BCUT2D eigenvalue weighted by Crippen LogP contribution is -2.48. The van der Waals surface area contributed by atoms with E-state index >= 15 is 0 Å². The van der Waals surface area contributed by atoms with Crippen LogP contribution in [0, 0.1) is 19.7 Å². The highest BCUT2D eigenvalue weighted by molar-refractivity contribution is 7.17. The molecular weight excluding hydrogens is 423 g/mol. The summed E-state index contributed by atoms with van der Waals surface area (Å²) in [4.78, 5) is 24.0. The molecule has 1 aliphatic heterocycles. The molecule has 0 spiro atoms. The molecular formula is C25H25FN4OS. The fourth-order valence-electron chi connectivity index (χ4n) is 4.22. The number of carbonyl (C=O) groups is 1. The average Bonchev–Trinajstić information content (AvgIpc) is 3.31. The molecule has 164 valence electrons. The molecule has 2 aromatic carbocycles. The highest BCUT2D eigenvalue weighted by Gasteiger charge is 2.26. The summed E-state index contributed by atoms with van der Waals surface area (Å²) in [5.41, 5.74) is 4.67. The molecule has 0 N–H and O–H groups in total. The van der Waals surface area contributed by atoms with Gasteiger partial charge in [-0.1, -0.05) is 42.0 Å². The zero-order valence-electron chi connectivity index (χ0n) is 18.2. The minimum absolute atomic E-state index is 0.147. The molecule has 2 aromatic heterocycles. The van der Waals surface area contributed by atoms with Gasteiger partial charge in [0, 0.05) is 49.4 Å². The quantitative estimate of drug-likeness (QED) is 0.451. The molecule has 0 saturated carbocycles. The summed E-state index contributed by atoms with van der Waals surface area (Å²) in [5, 5.41) is 0. The molecule has 1 amide bonds. The van der Waals surface area contributed by atoms with Crippen molar-refractivity contribution in [3.05, 3.63) is 82.2 Å². The predicted molar refractivity (Wildman–Crippen MR) is 126 cm³/mol. The van der Waals surface area contributed by atoms with Crippen molar-refractivity contribution in [2.75, 3.05) is 26.2 Å². The van der Waals surface area contributed by atoms with Gasteiger partial charge in [-0.3, -0.25) is 14.1 Å². The van der Waals surface area contributed by atoms with Crippen LogP contribution in [0.4, 0.5) is 4.39 Å². The largest absolute Gasteiger partial charge is 0.336 e. The molecule has 32 heavy (non-hydrogen) atoms. The van der Waals surface area contributed by atoms with Gasteiger partial charge in [0.25, 0.3) is 5.91 Å². The molecule has 5 nitrogen and oxygen atoms in total. The summed E-state index contributed by atoms with van der Waals surface area (Å²) >= 11 is 1.70. The summed E-state index contributed by atoms with van der Waals surface area (Å²) in [5.74, 6) is -0.694. The number of hydrogen-bond acceptors (Lipinski definition) is 4. The van der Waals surface area contributed by atoms with Crippen molar-refractivity contribution in [3.63, 3.8) is 0 Å². The number of thiazole rings is 1. The second-order valence-electron chi connectivity index (χ2n) is 8.32. The van der Waals surface area contributed by atoms with E-state index in [2.05, 4.69) is 53.6 Å². The van der Waals surface area contributed by atoms with Crippen LogP contribution in [-0.4, -0.2) is 51.3 Å². The smallest absolute Gasteiger partial charge is 0.256 e. The number of hydrogen-bond donors (Lipinski definition) is 0. The van der Waals surface area contributed by atoms with Gasteiger partial charge in [-0.25, -0.2) is 9.37 Å². The molecule has 1 fully saturated rings. The Hall–Kier alpha value is -3.03. The maximum Gasteiger partial charge on any atom is 0.256 e. The van der Waals surface area contributed by atoms with Crippen LogP contribution in [-0.2, 0) is 6.54 Å². The number of aromatic nitrogens is 2. The molecule has 0 bridgehead atoms. The van der Waals surface area contributed by atoms with Crippen LogP contribution < -0.4 is 0 Å². The molecule has 5 rings (SSSR count). The number of amides is 1. The van der Waals surface area contributed by atoms with Crippen LogP contribution in [0.25, 0.3) is 16.2 Å². The Morgan fingerprint density at radius 2 is 1.75 bits per heavy atom. The molecule has 4 aromatic rings. The highest BCUT2D eigenvalue weighted by Crippen LogP contribution is 2.30. The van der Waals surface area contributed by atoms with Crippen molar-refractivity contribution in [2.45, 2.75) is 20.4 Å². The number of imidazole rings is 1. The lowest BCUT2D eigenvalue weighted by molar-refractivity contribution is 0.0622. The zero-order chi connectivity index (χ0) is 22.2. The van der Waals surface area contributed by atoms with Crippen LogP contribution >= 0.6 is 11.3 Å². The Bertz CT molecular complexity index is 1270. The van der Waals surface area contributed by atoms with Crippen molar-refractivity contribution in [3.8, 4) is 11.3 Å². The van der Waals surface area contributed by atoms with E-state index in [0.717, 1.165) is 35.9 Å². The number of aryl methyl sites for hydroxylation is 2. The number of benzene rings is 2. The third-order valence-corrected chi connectivity index (χ3v) is 6.90. The second-order valence-corrected chi connectivity index (χ2v) is 9.53. The standard InChI is InChI=1S/C25H25FN4OS/c1-17-7-9-19(10-8-17)23-22(30-15-18(2)32-25(30)27-23)16-28-11-13-29(14-12-28)24(31)20-5-3-4-6-21(20)26/h3-10,15H,11-14,16H2,1-2H3. The van der Waals surface area contributed by atoms with Crippen molar-refractivity contribution in [2.24, 2.45) is 0 Å². The van der Waals surface area contributed by atoms with Gasteiger partial charge in [0.05, 0.1) is 17.0 Å². The maximum atomic E-state index is 14.0. The van der Waals surface area contributed by atoms with Crippen LogP contribution in [0.1, 0.15) is 26.5 Å². The van der Waals surface area contributed by atoms with Gasteiger partial charge < -0.3 is 4.90 Å². The van der Waals surface area contributed by atoms with E-state index in [1.54, 1.807) is 34.4 Å². The Morgan fingerprint density at radius 1 is 1.03 bits per heavy atom. The Balaban J connectivity index is 1.35. The van der Waals surface area contributed by atoms with Crippen molar-refractivity contribution in [1.82, 2.24) is 19.2 Å². The molecule has 0 unspecified atom stereocenters. The van der Waals surface area contributed by atoms with Gasteiger partial charge in [-0.2, -0.15) is 0 Å². The van der Waals surface area contributed by atoms with Gasteiger partial charge >= 0.3 is 0 Å². The first kappa shape index (κ1) is 20.8. The van der Waals surface area contributed by atoms with Crippen LogP contribution in [0.5, 0.6) is 0 Å². The molecule has 3 heterocycles. The van der Waals surface area contributed by atoms with Gasteiger partial charge in [0.1, 0.15) is 5.82 Å². The third kappa shape index (κ3) is 3.94. The zero-order valence-corrected chi connectivity index (χ0v) is 19.0. The number of carbonyl (C=O) groups excluding carboxylic acids is 1. The summed E-state index contributed by atoms with van der Waals surface area (Å²) < 4.78 is 16.2. The molecule has 0 radical (unpaired) electrons. The highest BCUT2D eigenvalue weighted by atomic mass is 32.1. The number of halogens is 1. The Morgan fingerprint density at radius 3 is 2.47 bits per heavy atom. The average molecular weight is 449 g/mol. The van der Waals surface area contributed by atoms with E-state index in [9.17, 15) is 9.18 Å². The SMILES string of the molecule is Cc1ccc(-c2nc3sc(C)cn3c2CN2CCN(C(=O)c3ccccc3F)CC2)cc1. The number of fused-ring (bicyclic) bond motifs is 1. The summed E-state index contributed by atoms with van der Waals surface area (Å²) in [6.45, 7) is 7.58. The lowest BCUT2D eigenvalue weighted by Gasteiger charge is -2.34. The van der Waals surface area contributed by atoms with Crippen LogP contribution in [0.3, 0.4) is 0 Å². The van der Waals surface area contributed by atoms with E-state index in [1.807, 2.05) is 0 Å². The first-order valence-electron chi connectivity index (χ1n) is 10.8. The lowest BCUT2D eigenvalue weighted by atomic mass is 10.1. The number of rotatable bonds is 4.